The molecule has 3 aromatic rings. The molecular formula is C20H16N4O3. The molecule has 1 atom stereocenters. The van der Waals surface area contributed by atoms with Crippen LogP contribution in [0.1, 0.15) is 29.5 Å². The molecule has 2 aromatic heterocycles. The fourth-order valence-corrected chi connectivity index (χ4v) is 2.96. The highest BCUT2D eigenvalue weighted by molar-refractivity contribution is 6.01. The van der Waals surface area contributed by atoms with Crippen LogP contribution in [0.2, 0.25) is 0 Å². The van der Waals surface area contributed by atoms with Crippen LogP contribution in [0.4, 0.5) is 5.69 Å². The second kappa shape index (κ2) is 7.22. The second-order valence-electron chi connectivity index (χ2n) is 6.04. The molecular weight excluding hydrogens is 344 g/mol. The van der Waals surface area contributed by atoms with E-state index in [0.29, 0.717) is 29.2 Å². The van der Waals surface area contributed by atoms with E-state index >= 15 is 0 Å². The average molecular weight is 360 g/mol. The molecule has 0 unspecified atom stereocenters. The van der Waals surface area contributed by atoms with Crippen LogP contribution in [0.15, 0.2) is 75.0 Å². The van der Waals surface area contributed by atoms with Crippen molar-refractivity contribution in [3.63, 3.8) is 0 Å². The molecule has 0 saturated heterocycles. The molecule has 134 valence electrons. The van der Waals surface area contributed by atoms with E-state index in [9.17, 15) is 4.79 Å². The molecule has 0 saturated carbocycles. The lowest BCUT2D eigenvalue weighted by Crippen LogP contribution is -2.32. The van der Waals surface area contributed by atoms with Crippen molar-refractivity contribution in [1.82, 2.24) is 5.01 Å². The van der Waals surface area contributed by atoms with Gasteiger partial charge < -0.3 is 14.2 Å². The lowest BCUT2D eigenvalue weighted by Gasteiger charge is -2.20. The molecule has 7 heteroatoms. The molecule has 0 aliphatic carbocycles. The second-order valence-corrected chi connectivity index (χ2v) is 6.04. The molecule has 0 fully saturated rings. The van der Waals surface area contributed by atoms with Crippen molar-refractivity contribution in [3.8, 4) is 6.07 Å². The van der Waals surface area contributed by atoms with Gasteiger partial charge in [-0.15, -0.1) is 0 Å². The first kappa shape index (κ1) is 16.7. The average Bonchev–Trinajstić information content (AvgIpc) is 3.46. The van der Waals surface area contributed by atoms with Gasteiger partial charge in [-0.1, -0.05) is 0 Å². The molecule has 0 spiro atoms. The number of benzene rings is 1. The molecule has 4 rings (SSSR count). The van der Waals surface area contributed by atoms with Gasteiger partial charge in [-0.05, 0) is 48.5 Å². The molecule has 0 radical (unpaired) electrons. The maximum atomic E-state index is 12.8. The summed E-state index contributed by atoms with van der Waals surface area (Å²) in [6.45, 7) is 0.0675. The Labute approximate surface area is 155 Å². The predicted octanol–water partition coefficient (Wildman–Crippen LogP) is 3.53. The fraction of sp³-hybridized carbons (Fsp3) is 0.150. The third-order valence-corrected chi connectivity index (χ3v) is 4.30. The van der Waals surface area contributed by atoms with E-state index in [-0.39, 0.29) is 18.5 Å². The minimum absolute atomic E-state index is 0.0675. The van der Waals surface area contributed by atoms with Gasteiger partial charge in [-0.3, -0.25) is 4.79 Å². The van der Waals surface area contributed by atoms with Gasteiger partial charge in [0.05, 0.1) is 30.7 Å². The zero-order valence-corrected chi connectivity index (χ0v) is 14.3. The molecule has 1 N–H and O–H groups in total. The van der Waals surface area contributed by atoms with Crippen LogP contribution in [0.5, 0.6) is 0 Å². The third kappa shape index (κ3) is 3.46. The van der Waals surface area contributed by atoms with Crippen molar-refractivity contribution in [2.45, 2.75) is 12.5 Å². The molecule has 27 heavy (non-hydrogen) atoms. The Morgan fingerprint density at radius 3 is 2.63 bits per heavy atom. The van der Waals surface area contributed by atoms with Crippen molar-refractivity contribution >= 4 is 17.3 Å². The van der Waals surface area contributed by atoms with Gasteiger partial charge in [-0.2, -0.15) is 10.4 Å². The minimum Gasteiger partial charge on any atom is -0.467 e. The smallest absolute Gasteiger partial charge is 0.262 e. The monoisotopic (exact) mass is 360 g/mol. The molecule has 0 bridgehead atoms. The Morgan fingerprint density at radius 2 is 1.96 bits per heavy atom. The largest absolute Gasteiger partial charge is 0.467 e. The number of nitrogens with zero attached hydrogens (tertiary/aromatic N) is 3. The first-order valence-corrected chi connectivity index (χ1v) is 8.45. The van der Waals surface area contributed by atoms with Crippen LogP contribution in [0.3, 0.4) is 0 Å². The van der Waals surface area contributed by atoms with Gasteiger partial charge in [0.15, 0.2) is 0 Å². The van der Waals surface area contributed by atoms with Crippen molar-refractivity contribution < 1.29 is 13.6 Å². The normalized spacial score (nSPS) is 16.0. The molecule has 1 aliphatic heterocycles. The van der Waals surface area contributed by atoms with Gasteiger partial charge in [0.25, 0.3) is 5.91 Å². The Kier molecular flexibility index (Phi) is 4.45. The van der Waals surface area contributed by atoms with Crippen LogP contribution in [0.25, 0.3) is 0 Å². The summed E-state index contributed by atoms with van der Waals surface area (Å²) in [5.74, 6) is 1.12. The van der Waals surface area contributed by atoms with E-state index in [1.165, 1.54) is 5.01 Å². The highest BCUT2D eigenvalue weighted by atomic mass is 16.3. The number of nitrogens with one attached hydrogen (secondary N) is 1. The number of anilines is 1. The van der Waals surface area contributed by atoms with E-state index in [2.05, 4.69) is 16.5 Å². The van der Waals surface area contributed by atoms with Gasteiger partial charge in [0.2, 0.25) is 0 Å². The molecule has 3 heterocycles. The number of furan rings is 2. The van der Waals surface area contributed by atoms with Crippen molar-refractivity contribution in [2.75, 3.05) is 11.9 Å². The van der Waals surface area contributed by atoms with Crippen LogP contribution < -0.4 is 5.32 Å². The number of hydrogen-bond acceptors (Lipinski definition) is 6. The van der Waals surface area contributed by atoms with E-state index < -0.39 is 0 Å². The number of hydrogen-bond donors (Lipinski definition) is 1. The van der Waals surface area contributed by atoms with Gasteiger partial charge in [0.1, 0.15) is 23.3 Å². The van der Waals surface area contributed by atoms with Gasteiger partial charge >= 0.3 is 0 Å². The summed E-state index contributed by atoms with van der Waals surface area (Å²) in [6.07, 6.45) is 3.68. The van der Waals surface area contributed by atoms with Crippen LogP contribution in [0, 0.1) is 11.3 Å². The molecule has 7 nitrogen and oxygen atoms in total. The topological polar surface area (TPSA) is 94.8 Å². The molecule has 1 aromatic carbocycles. The van der Waals surface area contributed by atoms with Crippen molar-refractivity contribution in [1.29, 1.82) is 5.26 Å². The number of rotatable bonds is 5. The summed E-state index contributed by atoms with van der Waals surface area (Å²) in [5, 5.41) is 17.8. The highest BCUT2D eigenvalue weighted by Crippen LogP contribution is 2.33. The molecule has 1 aliphatic rings. The van der Waals surface area contributed by atoms with E-state index in [4.69, 9.17) is 14.1 Å². The summed E-state index contributed by atoms with van der Waals surface area (Å²) >= 11 is 0. The Bertz CT molecular complexity index is 983. The lowest BCUT2D eigenvalue weighted by atomic mass is 10.1. The summed E-state index contributed by atoms with van der Waals surface area (Å²) < 4.78 is 10.9. The third-order valence-electron chi connectivity index (χ3n) is 4.30. The highest BCUT2D eigenvalue weighted by Gasteiger charge is 2.35. The lowest BCUT2D eigenvalue weighted by molar-refractivity contribution is -0.131. The number of nitriles is 1. The Hall–Kier alpha value is -3.79. The predicted molar refractivity (Wildman–Crippen MR) is 97.8 cm³/mol. The first-order chi connectivity index (χ1) is 13.2. The van der Waals surface area contributed by atoms with E-state index in [1.54, 1.807) is 48.9 Å². The van der Waals surface area contributed by atoms with Crippen LogP contribution in [-0.4, -0.2) is 23.2 Å². The fourth-order valence-electron chi connectivity index (χ4n) is 2.96. The van der Waals surface area contributed by atoms with Gasteiger partial charge in [0, 0.05) is 12.1 Å². The summed E-state index contributed by atoms with van der Waals surface area (Å²) in [7, 11) is 0. The van der Waals surface area contributed by atoms with E-state index in [0.717, 1.165) is 5.69 Å². The maximum absolute atomic E-state index is 12.8. The maximum Gasteiger partial charge on any atom is 0.262 e. The first-order valence-electron chi connectivity index (χ1n) is 8.45. The number of carbonyl (C=O) groups excluding carboxylic acids is 1. The summed E-state index contributed by atoms with van der Waals surface area (Å²) in [4.78, 5) is 12.8. The van der Waals surface area contributed by atoms with Crippen molar-refractivity contribution in [3.05, 3.63) is 78.1 Å². The van der Waals surface area contributed by atoms with E-state index in [1.807, 2.05) is 12.1 Å². The zero-order chi connectivity index (χ0) is 18.6. The van der Waals surface area contributed by atoms with Crippen molar-refractivity contribution in [2.24, 2.45) is 5.10 Å². The SMILES string of the molecule is N#Cc1ccc(NCC(=O)N2N=C(c3ccco3)C[C@@H]2c2ccco2)cc1. The Balaban J connectivity index is 1.50. The standard InChI is InChI=1S/C20H16N4O3/c21-12-14-5-7-15(8-6-14)22-13-20(25)24-17(19-4-2-10-27-19)11-16(23-24)18-3-1-9-26-18/h1-10,17,22H,11,13H2/t17-/m1/s1. The number of carbonyl (C=O) groups is 1. The quantitative estimate of drug-likeness (QED) is 0.751. The zero-order valence-electron chi connectivity index (χ0n) is 14.3. The summed E-state index contributed by atoms with van der Waals surface area (Å²) in [6, 6.07) is 15.9. The minimum atomic E-state index is -0.310. The number of hydrazone groups is 1. The van der Waals surface area contributed by atoms with Gasteiger partial charge in [-0.25, -0.2) is 5.01 Å². The van der Waals surface area contributed by atoms with Crippen LogP contribution >= 0.6 is 0 Å². The molecule has 1 amide bonds. The van der Waals surface area contributed by atoms with Crippen LogP contribution in [-0.2, 0) is 4.79 Å². The summed E-state index contributed by atoms with van der Waals surface area (Å²) in [5.41, 5.74) is 2.02. The Morgan fingerprint density at radius 1 is 1.19 bits per heavy atom. The number of amides is 1.